The molecular formula is C15H21BrO2Si. The molecule has 104 valence electrons. The molecule has 0 amide bonds. The van der Waals surface area contributed by atoms with Gasteiger partial charge in [0.15, 0.2) is 0 Å². The predicted octanol–water partition coefficient (Wildman–Crippen LogP) is 5.20. The SMILES string of the molecule is CC(C)(C)[Si](C)(C)Oc1ccc2c(c1)OCC(Br)=C2. The van der Waals surface area contributed by atoms with Gasteiger partial charge in [0.1, 0.15) is 18.1 Å². The molecule has 0 aromatic heterocycles. The zero-order valence-electron chi connectivity index (χ0n) is 12.2. The average molecular weight is 341 g/mol. The van der Waals surface area contributed by atoms with Crippen LogP contribution in [0, 0.1) is 0 Å². The minimum atomic E-state index is -1.78. The number of fused-ring (bicyclic) bond motifs is 1. The summed E-state index contributed by atoms with van der Waals surface area (Å²) in [5.74, 6) is 1.82. The Labute approximate surface area is 125 Å². The quantitative estimate of drug-likeness (QED) is 0.689. The van der Waals surface area contributed by atoms with Crippen LogP contribution in [-0.4, -0.2) is 14.9 Å². The summed E-state index contributed by atoms with van der Waals surface area (Å²) in [6.07, 6.45) is 2.09. The van der Waals surface area contributed by atoms with Crippen molar-refractivity contribution in [3.8, 4) is 11.5 Å². The first-order chi connectivity index (χ1) is 8.69. The third kappa shape index (κ3) is 3.23. The van der Waals surface area contributed by atoms with Crippen molar-refractivity contribution in [2.24, 2.45) is 0 Å². The molecule has 0 radical (unpaired) electrons. The van der Waals surface area contributed by atoms with Gasteiger partial charge < -0.3 is 9.16 Å². The second-order valence-electron chi connectivity index (χ2n) is 6.44. The van der Waals surface area contributed by atoms with E-state index in [1.165, 1.54) is 0 Å². The number of hydrogen-bond donors (Lipinski definition) is 0. The van der Waals surface area contributed by atoms with Crippen LogP contribution in [0.3, 0.4) is 0 Å². The number of halogens is 1. The van der Waals surface area contributed by atoms with Crippen LogP contribution in [0.15, 0.2) is 22.7 Å². The van der Waals surface area contributed by atoms with Crippen molar-refractivity contribution in [3.05, 3.63) is 28.2 Å². The van der Waals surface area contributed by atoms with E-state index in [1.54, 1.807) is 0 Å². The topological polar surface area (TPSA) is 18.5 Å². The summed E-state index contributed by atoms with van der Waals surface area (Å²) in [5.41, 5.74) is 1.10. The smallest absolute Gasteiger partial charge is 0.250 e. The van der Waals surface area contributed by atoms with Gasteiger partial charge in [-0.1, -0.05) is 36.7 Å². The van der Waals surface area contributed by atoms with E-state index in [0.29, 0.717) is 6.61 Å². The summed E-state index contributed by atoms with van der Waals surface area (Å²) in [6, 6.07) is 6.09. The molecule has 4 heteroatoms. The molecule has 1 aliphatic heterocycles. The Kier molecular flexibility index (Phi) is 3.84. The molecule has 2 rings (SSSR count). The van der Waals surface area contributed by atoms with Crippen LogP contribution >= 0.6 is 15.9 Å². The fourth-order valence-corrected chi connectivity index (χ4v) is 3.01. The predicted molar refractivity (Wildman–Crippen MR) is 86.7 cm³/mol. The summed E-state index contributed by atoms with van der Waals surface area (Å²) in [5, 5.41) is 0.201. The lowest BCUT2D eigenvalue weighted by Crippen LogP contribution is -2.43. The third-order valence-corrected chi connectivity index (χ3v) is 8.66. The van der Waals surface area contributed by atoms with E-state index in [1.807, 2.05) is 12.1 Å². The highest BCUT2D eigenvalue weighted by molar-refractivity contribution is 9.11. The van der Waals surface area contributed by atoms with E-state index in [0.717, 1.165) is 21.5 Å². The summed E-state index contributed by atoms with van der Waals surface area (Å²) >= 11 is 3.46. The summed E-state index contributed by atoms with van der Waals surface area (Å²) in [6.45, 7) is 11.8. The van der Waals surface area contributed by atoms with Crippen molar-refractivity contribution in [2.75, 3.05) is 6.61 Å². The lowest BCUT2D eigenvalue weighted by atomic mass is 10.1. The normalized spacial score (nSPS) is 15.4. The van der Waals surface area contributed by atoms with Gasteiger partial charge in [0.05, 0.1) is 0 Å². The molecule has 0 saturated carbocycles. The monoisotopic (exact) mass is 340 g/mol. The first-order valence-electron chi connectivity index (χ1n) is 6.51. The third-order valence-electron chi connectivity index (χ3n) is 3.84. The maximum atomic E-state index is 6.29. The zero-order chi connectivity index (χ0) is 14.3. The van der Waals surface area contributed by atoms with E-state index >= 15 is 0 Å². The molecule has 1 heterocycles. The Morgan fingerprint density at radius 1 is 1.26 bits per heavy atom. The van der Waals surface area contributed by atoms with Crippen molar-refractivity contribution >= 4 is 30.3 Å². The lowest BCUT2D eigenvalue weighted by Gasteiger charge is -2.36. The Morgan fingerprint density at radius 3 is 2.58 bits per heavy atom. The van der Waals surface area contributed by atoms with Crippen LogP contribution in [0.5, 0.6) is 11.5 Å². The van der Waals surface area contributed by atoms with E-state index in [2.05, 4.69) is 61.9 Å². The number of benzene rings is 1. The highest BCUT2D eigenvalue weighted by Gasteiger charge is 2.39. The van der Waals surface area contributed by atoms with Gasteiger partial charge in [-0.05, 0) is 36.3 Å². The number of hydrogen-bond acceptors (Lipinski definition) is 2. The molecule has 0 atom stereocenters. The molecule has 1 aromatic rings. The molecule has 0 bridgehead atoms. The Hall–Kier alpha value is -0.743. The van der Waals surface area contributed by atoms with Crippen LogP contribution in [0.2, 0.25) is 18.1 Å². The molecule has 0 unspecified atom stereocenters. The second-order valence-corrected chi connectivity index (χ2v) is 12.2. The average Bonchev–Trinajstić information content (AvgIpc) is 2.27. The van der Waals surface area contributed by atoms with Crippen LogP contribution in [0.1, 0.15) is 26.3 Å². The first-order valence-corrected chi connectivity index (χ1v) is 10.2. The minimum absolute atomic E-state index is 0.201. The van der Waals surface area contributed by atoms with E-state index in [9.17, 15) is 0 Å². The molecule has 0 saturated heterocycles. The Bertz CT molecular complexity index is 515. The molecule has 0 aliphatic carbocycles. The molecule has 0 fully saturated rings. The van der Waals surface area contributed by atoms with Crippen LogP contribution < -0.4 is 9.16 Å². The summed E-state index contributed by atoms with van der Waals surface area (Å²) in [4.78, 5) is 0. The van der Waals surface area contributed by atoms with Crippen molar-refractivity contribution in [1.29, 1.82) is 0 Å². The first kappa shape index (κ1) is 14.7. The molecule has 2 nitrogen and oxygen atoms in total. The zero-order valence-corrected chi connectivity index (χ0v) is 14.8. The maximum Gasteiger partial charge on any atom is 0.250 e. The molecule has 0 N–H and O–H groups in total. The lowest BCUT2D eigenvalue weighted by molar-refractivity contribution is 0.354. The Morgan fingerprint density at radius 2 is 1.95 bits per heavy atom. The standard InChI is InChI=1S/C15H21BrO2Si/c1-15(2,3)19(4,5)18-13-7-6-11-8-12(16)10-17-14(11)9-13/h6-9H,10H2,1-5H3. The van der Waals surface area contributed by atoms with Gasteiger partial charge in [-0.25, -0.2) is 0 Å². The number of rotatable bonds is 2. The minimum Gasteiger partial charge on any atom is -0.543 e. The summed E-state index contributed by atoms with van der Waals surface area (Å²) < 4.78 is 13.1. The van der Waals surface area contributed by atoms with Crippen molar-refractivity contribution < 1.29 is 9.16 Å². The second kappa shape index (κ2) is 4.98. The van der Waals surface area contributed by atoms with Gasteiger partial charge in [-0.3, -0.25) is 0 Å². The van der Waals surface area contributed by atoms with Gasteiger partial charge in [0.2, 0.25) is 8.32 Å². The van der Waals surface area contributed by atoms with Gasteiger partial charge >= 0.3 is 0 Å². The molecule has 1 aliphatic rings. The largest absolute Gasteiger partial charge is 0.543 e. The van der Waals surface area contributed by atoms with Gasteiger partial charge in [-0.15, -0.1) is 0 Å². The fourth-order valence-electron chi connectivity index (χ4n) is 1.63. The fraction of sp³-hybridized carbons (Fsp3) is 0.467. The summed E-state index contributed by atoms with van der Waals surface area (Å²) in [7, 11) is -1.78. The molecule has 1 aromatic carbocycles. The highest BCUT2D eigenvalue weighted by Crippen LogP contribution is 2.39. The van der Waals surface area contributed by atoms with E-state index < -0.39 is 8.32 Å². The van der Waals surface area contributed by atoms with Crippen molar-refractivity contribution in [2.45, 2.75) is 38.9 Å². The van der Waals surface area contributed by atoms with Gasteiger partial charge in [-0.2, -0.15) is 0 Å². The van der Waals surface area contributed by atoms with Crippen molar-refractivity contribution in [3.63, 3.8) is 0 Å². The van der Waals surface area contributed by atoms with Gasteiger partial charge in [0.25, 0.3) is 0 Å². The van der Waals surface area contributed by atoms with Crippen LogP contribution in [0.25, 0.3) is 6.08 Å². The molecule has 19 heavy (non-hydrogen) atoms. The number of ether oxygens (including phenoxy) is 1. The van der Waals surface area contributed by atoms with E-state index in [4.69, 9.17) is 9.16 Å². The van der Waals surface area contributed by atoms with Crippen LogP contribution in [-0.2, 0) is 0 Å². The van der Waals surface area contributed by atoms with E-state index in [-0.39, 0.29) is 5.04 Å². The highest BCUT2D eigenvalue weighted by atomic mass is 79.9. The molecule has 0 spiro atoms. The Balaban J connectivity index is 2.25. The maximum absolute atomic E-state index is 6.29. The van der Waals surface area contributed by atoms with Gasteiger partial charge in [0, 0.05) is 16.1 Å². The van der Waals surface area contributed by atoms with Crippen molar-refractivity contribution in [1.82, 2.24) is 0 Å². The van der Waals surface area contributed by atoms with Crippen LogP contribution in [0.4, 0.5) is 0 Å². The molecular weight excluding hydrogens is 320 g/mol.